The SMILES string of the molecule is CCCC[C](CCCC)(CCCC)[Sn][c]1nn(C)c2c1CCCC2. The second-order valence-corrected chi connectivity index (χ2v) is 12.9. The van der Waals surface area contributed by atoms with E-state index in [1.54, 1.807) is 15.0 Å². The first-order valence-corrected chi connectivity index (χ1v) is 13.3. The zero-order chi connectivity index (χ0) is 17.4. The summed E-state index contributed by atoms with van der Waals surface area (Å²) in [6.45, 7) is 7.08. The van der Waals surface area contributed by atoms with Crippen molar-refractivity contribution in [2.24, 2.45) is 7.05 Å². The van der Waals surface area contributed by atoms with Crippen molar-refractivity contribution < 1.29 is 0 Å². The van der Waals surface area contributed by atoms with E-state index in [1.807, 2.05) is 0 Å². The van der Waals surface area contributed by atoms with E-state index >= 15 is 0 Å². The Morgan fingerprint density at radius 1 is 0.917 bits per heavy atom. The van der Waals surface area contributed by atoms with Crippen molar-refractivity contribution in [3.05, 3.63) is 11.3 Å². The number of nitrogens with zero attached hydrogens (tertiary/aromatic N) is 2. The summed E-state index contributed by atoms with van der Waals surface area (Å²) in [7, 11) is 2.19. The minimum absolute atomic E-state index is 0.659. The van der Waals surface area contributed by atoms with Gasteiger partial charge in [0.15, 0.2) is 0 Å². The van der Waals surface area contributed by atoms with Gasteiger partial charge in [0.25, 0.3) is 0 Å². The molecule has 0 saturated carbocycles. The Morgan fingerprint density at radius 3 is 2.00 bits per heavy atom. The van der Waals surface area contributed by atoms with Gasteiger partial charge in [0.1, 0.15) is 0 Å². The fraction of sp³-hybridized carbons (Fsp3) is 0.857. The predicted octanol–water partition coefficient (Wildman–Crippen LogP) is 5.36. The average Bonchev–Trinajstić information content (AvgIpc) is 2.92. The molecule has 0 aliphatic heterocycles. The van der Waals surface area contributed by atoms with Crippen LogP contribution >= 0.6 is 0 Å². The zero-order valence-corrected chi connectivity index (χ0v) is 19.4. The molecule has 1 aliphatic rings. The van der Waals surface area contributed by atoms with Crippen molar-refractivity contribution in [2.75, 3.05) is 0 Å². The van der Waals surface area contributed by atoms with Crippen molar-refractivity contribution in [3.8, 4) is 0 Å². The van der Waals surface area contributed by atoms with Crippen molar-refractivity contribution >= 4 is 24.9 Å². The summed E-state index contributed by atoms with van der Waals surface area (Å²) < 4.78 is 4.54. The normalized spacial score (nSPS) is 14.8. The summed E-state index contributed by atoms with van der Waals surface area (Å²) >= 11 is -0.659. The summed E-state index contributed by atoms with van der Waals surface area (Å²) in [5.41, 5.74) is 3.27. The Kier molecular flexibility index (Phi) is 8.66. The molecule has 0 amide bonds. The molecule has 0 aromatic carbocycles. The number of hydrogen-bond acceptors (Lipinski definition) is 1. The van der Waals surface area contributed by atoms with Gasteiger partial charge in [0.2, 0.25) is 0 Å². The van der Waals surface area contributed by atoms with E-state index in [4.69, 9.17) is 5.10 Å². The molecule has 136 valence electrons. The van der Waals surface area contributed by atoms with Gasteiger partial charge in [-0.25, -0.2) is 0 Å². The van der Waals surface area contributed by atoms with Crippen LogP contribution in [0.1, 0.15) is 103 Å². The topological polar surface area (TPSA) is 17.8 Å². The van der Waals surface area contributed by atoms with Crippen LogP contribution in [0.15, 0.2) is 0 Å². The van der Waals surface area contributed by atoms with Crippen molar-refractivity contribution in [1.82, 2.24) is 9.78 Å². The van der Waals surface area contributed by atoms with Crippen LogP contribution in [0.25, 0.3) is 0 Å². The van der Waals surface area contributed by atoms with Gasteiger partial charge in [-0.2, -0.15) is 0 Å². The van der Waals surface area contributed by atoms with Crippen LogP contribution in [0.3, 0.4) is 0 Å². The molecular weight excluding hydrogens is 399 g/mol. The molecule has 3 heteroatoms. The number of unbranched alkanes of at least 4 members (excludes halogenated alkanes) is 3. The van der Waals surface area contributed by atoms with Gasteiger partial charge in [-0.05, 0) is 0 Å². The summed E-state index contributed by atoms with van der Waals surface area (Å²) in [6, 6.07) is 0. The third-order valence-corrected chi connectivity index (χ3v) is 11.3. The first kappa shape index (κ1) is 20.3. The van der Waals surface area contributed by atoms with Crippen molar-refractivity contribution in [3.63, 3.8) is 0 Å². The number of hydrogen-bond donors (Lipinski definition) is 0. The van der Waals surface area contributed by atoms with Crippen LogP contribution in [0.4, 0.5) is 0 Å². The number of rotatable bonds is 11. The van der Waals surface area contributed by atoms with E-state index in [2.05, 4.69) is 32.5 Å². The van der Waals surface area contributed by atoms with E-state index in [9.17, 15) is 0 Å². The third kappa shape index (κ3) is 5.25. The van der Waals surface area contributed by atoms with Crippen LogP contribution in [0, 0.1) is 0 Å². The van der Waals surface area contributed by atoms with Gasteiger partial charge in [0.05, 0.1) is 0 Å². The molecule has 2 rings (SSSR count). The maximum atomic E-state index is 5.09. The van der Waals surface area contributed by atoms with E-state index in [0.717, 1.165) is 0 Å². The summed E-state index contributed by atoms with van der Waals surface area (Å²) in [5.74, 6) is 0. The molecule has 0 unspecified atom stereocenters. The van der Waals surface area contributed by atoms with Gasteiger partial charge in [0, 0.05) is 0 Å². The first-order valence-electron chi connectivity index (χ1n) is 10.5. The molecule has 0 atom stereocenters. The molecule has 0 saturated heterocycles. The number of aryl methyl sites for hydroxylation is 1. The molecular formula is C21H38N2Sn. The Morgan fingerprint density at radius 2 is 1.46 bits per heavy atom. The molecule has 2 nitrogen and oxygen atoms in total. The van der Waals surface area contributed by atoms with Gasteiger partial charge in [-0.3, -0.25) is 0 Å². The minimum atomic E-state index is -0.659. The molecule has 0 spiro atoms. The Balaban J connectivity index is 2.24. The van der Waals surface area contributed by atoms with Gasteiger partial charge in [-0.15, -0.1) is 0 Å². The number of aromatic nitrogens is 2. The Labute approximate surface area is 160 Å². The summed E-state index contributed by atoms with van der Waals surface area (Å²) in [6.07, 6.45) is 18.0. The fourth-order valence-electron chi connectivity index (χ4n) is 4.23. The number of fused-ring (bicyclic) bond motifs is 1. The van der Waals surface area contributed by atoms with E-state index < -0.39 is 21.1 Å². The quantitative estimate of drug-likeness (QED) is 0.427. The van der Waals surface area contributed by atoms with Gasteiger partial charge in [-0.1, -0.05) is 0 Å². The van der Waals surface area contributed by atoms with Gasteiger partial charge < -0.3 is 0 Å². The van der Waals surface area contributed by atoms with Crippen LogP contribution in [0.2, 0.25) is 3.43 Å². The Bertz CT molecular complexity index is 470. The van der Waals surface area contributed by atoms with E-state index in [1.165, 1.54) is 83.5 Å². The summed E-state index contributed by atoms with van der Waals surface area (Å²) in [5, 5.41) is 5.09. The van der Waals surface area contributed by atoms with Crippen LogP contribution < -0.4 is 3.71 Å². The molecule has 1 aromatic heterocycles. The van der Waals surface area contributed by atoms with Crippen LogP contribution in [-0.4, -0.2) is 30.9 Å². The average molecular weight is 437 g/mol. The predicted molar refractivity (Wildman–Crippen MR) is 107 cm³/mol. The second-order valence-electron chi connectivity index (χ2n) is 7.82. The Hall–Kier alpha value is 0.00870. The maximum absolute atomic E-state index is 5.09. The van der Waals surface area contributed by atoms with Crippen LogP contribution in [-0.2, 0) is 19.9 Å². The standard InChI is InChI=1S/C13H27.C8H11N2.Sn/c1-4-7-10-13(11-8-5-2)12-9-6-3;1-10-8-5-3-2-4-7(8)6-9-10;/h4-12H2,1-3H3;2-5H2,1H3;. The monoisotopic (exact) mass is 438 g/mol. The van der Waals surface area contributed by atoms with Gasteiger partial charge >= 0.3 is 161 Å². The van der Waals surface area contributed by atoms with Crippen LogP contribution in [0.5, 0.6) is 0 Å². The molecule has 24 heavy (non-hydrogen) atoms. The zero-order valence-electron chi connectivity index (χ0n) is 16.6. The molecule has 0 fully saturated rings. The molecule has 2 radical (unpaired) electrons. The fourth-order valence-corrected chi connectivity index (χ4v) is 10.0. The third-order valence-electron chi connectivity index (χ3n) is 5.78. The molecule has 1 heterocycles. The molecule has 0 bridgehead atoms. The molecule has 1 aromatic rings. The van der Waals surface area contributed by atoms with Crippen molar-refractivity contribution in [2.45, 2.75) is 108 Å². The van der Waals surface area contributed by atoms with E-state index in [0.29, 0.717) is 3.43 Å². The second kappa shape index (κ2) is 10.2. The summed E-state index contributed by atoms with van der Waals surface area (Å²) in [4.78, 5) is 0. The molecule has 0 N–H and O–H groups in total. The van der Waals surface area contributed by atoms with E-state index in [-0.39, 0.29) is 0 Å². The van der Waals surface area contributed by atoms with Crippen molar-refractivity contribution in [1.29, 1.82) is 0 Å². The first-order chi connectivity index (χ1) is 11.7. The molecule has 1 aliphatic carbocycles.